The van der Waals surface area contributed by atoms with E-state index in [0.717, 1.165) is 15.8 Å². The molecule has 3 N–H and O–H groups in total. The Morgan fingerprint density at radius 2 is 1.74 bits per heavy atom. The van der Waals surface area contributed by atoms with Crippen molar-refractivity contribution in [2.45, 2.75) is 0 Å². The molecule has 0 atom stereocenters. The van der Waals surface area contributed by atoms with Gasteiger partial charge in [0, 0.05) is 15.8 Å². The van der Waals surface area contributed by atoms with Crippen molar-refractivity contribution in [1.82, 2.24) is 0 Å². The van der Waals surface area contributed by atoms with E-state index in [1.54, 1.807) is 30.3 Å². The molecule has 19 heavy (non-hydrogen) atoms. The quantitative estimate of drug-likeness (QED) is 0.831. The van der Waals surface area contributed by atoms with Crippen molar-refractivity contribution in [3.8, 4) is 12.1 Å². The van der Waals surface area contributed by atoms with E-state index < -0.39 is 0 Å². The van der Waals surface area contributed by atoms with Gasteiger partial charge in [0.05, 0.1) is 16.8 Å². The lowest BCUT2D eigenvalue weighted by Gasteiger charge is -2.09. The van der Waals surface area contributed by atoms with E-state index in [-0.39, 0.29) is 0 Å². The third kappa shape index (κ3) is 2.85. The Hall–Kier alpha value is -2.50. The molecule has 0 fully saturated rings. The average molecular weight is 313 g/mol. The molecule has 0 spiro atoms. The Balaban J connectivity index is 2.34. The number of nitrogens with one attached hydrogen (secondary N) is 1. The number of rotatable bonds is 2. The molecule has 0 aliphatic heterocycles. The number of nitrogens with two attached hydrogens (primary N) is 1. The standard InChI is InChI=1S/C14H9BrN4/c15-13-6-11(18)2-4-14(13)19-12-3-1-9(7-16)10(5-12)8-17/h1-6,19H,18H2. The van der Waals surface area contributed by atoms with Crippen LogP contribution in [0.4, 0.5) is 17.1 Å². The van der Waals surface area contributed by atoms with Crippen molar-refractivity contribution >= 4 is 33.0 Å². The topological polar surface area (TPSA) is 85.6 Å². The molecule has 5 heteroatoms. The van der Waals surface area contributed by atoms with Crippen LogP contribution in [-0.2, 0) is 0 Å². The summed E-state index contributed by atoms with van der Waals surface area (Å²) in [7, 11) is 0. The Kier molecular flexibility index (Phi) is 3.70. The smallest absolute Gasteiger partial charge is 0.101 e. The highest BCUT2D eigenvalue weighted by Crippen LogP contribution is 2.28. The van der Waals surface area contributed by atoms with E-state index in [1.165, 1.54) is 0 Å². The zero-order valence-corrected chi connectivity index (χ0v) is 11.4. The number of benzene rings is 2. The molecule has 0 saturated carbocycles. The minimum absolute atomic E-state index is 0.346. The Morgan fingerprint density at radius 3 is 2.37 bits per heavy atom. The van der Waals surface area contributed by atoms with Crippen molar-refractivity contribution in [3.05, 3.63) is 52.0 Å². The van der Waals surface area contributed by atoms with Crippen LogP contribution in [0.5, 0.6) is 0 Å². The van der Waals surface area contributed by atoms with Gasteiger partial charge in [-0.3, -0.25) is 0 Å². The molecule has 0 aliphatic carbocycles. The highest BCUT2D eigenvalue weighted by atomic mass is 79.9. The third-order valence-corrected chi connectivity index (χ3v) is 3.19. The maximum absolute atomic E-state index is 8.98. The Bertz CT molecular complexity index is 710. The van der Waals surface area contributed by atoms with Crippen molar-refractivity contribution in [2.24, 2.45) is 0 Å². The minimum atomic E-state index is 0.346. The first kappa shape index (κ1) is 12.9. The molecule has 0 saturated heterocycles. The van der Waals surface area contributed by atoms with Crippen LogP contribution >= 0.6 is 15.9 Å². The van der Waals surface area contributed by atoms with Crippen molar-refractivity contribution in [2.75, 3.05) is 11.1 Å². The summed E-state index contributed by atoms with van der Waals surface area (Å²) < 4.78 is 0.829. The Morgan fingerprint density at radius 1 is 1.00 bits per heavy atom. The monoisotopic (exact) mass is 312 g/mol. The number of nitrogen functional groups attached to an aromatic ring is 1. The highest BCUT2D eigenvalue weighted by Gasteiger charge is 2.05. The average Bonchev–Trinajstić information content (AvgIpc) is 2.41. The summed E-state index contributed by atoms with van der Waals surface area (Å²) in [5, 5.41) is 21.0. The number of halogens is 1. The molecule has 0 bridgehead atoms. The normalized spacial score (nSPS) is 9.42. The predicted molar refractivity (Wildman–Crippen MR) is 77.7 cm³/mol. The summed E-state index contributed by atoms with van der Waals surface area (Å²) in [6.45, 7) is 0. The maximum atomic E-state index is 8.98. The minimum Gasteiger partial charge on any atom is -0.399 e. The van der Waals surface area contributed by atoms with Gasteiger partial charge in [0.2, 0.25) is 0 Å². The number of hydrogen-bond donors (Lipinski definition) is 2. The SMILES string of the molecule is N#Cc1ccc(Nc2ccc(N)cc2Br)cc1C#N. The molecule has 2 aromatic carbocycles. The second-order valence-electron chi connectivity index (χ2n) is 3.85. The summed E-state index contributed by atoms with van der Waals surface area (Å²) in [6, 6.07) is 14.4. The van der Waals surface area contributed by atoms with Crippen LogP contribution in [0, 0.1) is 22.7 Å². The summed E-state index contributed by atoms with van der Waals surface area (Å²) in [5.41, 5.74) is 8.61. The van der Waals surface area contributed by atoms with Gasteiger partial charge in [0.15, 0.2) is 0 Å². The van der Waals surface area contributed by atoms with Gasteiger partial charge in [-0.25, -0.2) is 0 Å². The predicted octanol–water partition coefficient (Wildman–Crippen LogP) is 3.52. The van der Waals surface area contributed by atoms with Gasteiger partial charge in [-0.2, -0.15) is 10.5 Å². The van der Waals surface area contributed by atoms with Gasteiger partial charge in [-0.1, -0.05) is 0 Å². The maximum Gasteiger partial charge on any atom is 0.101 e. The van der Waals surface area contributed by atoms with Gasteiger partial charge < -0.3 is 11.1 Å². The lowest BCUT2D eigenvalue weighted by atomic mass is 10.1. The van der Waals surface area contributed by atoms with E-state index in [9.17, 15) is 0 Å². The first-order valence-electron chi connectivity index (χ1n) is 5.40. The summed E-state index contributed by atoms with van der Waals surface area (Å²) in [4.78, 5) is 0. The molecule has 4 nitrogen and oxygen atoms in total. The third-order valence-electron chi connectivity index (χ3n) is 2.53. The van der Waals surface area contributed by atoms with Crippen LogP contribution in [-0.4, -0.2) is 0 Å². The molecule has 0 amide bonds. The molecular formula is C14H9BrN4. The summed E-state index contributed by atoms with van der Waals surface area (Å²) >= 11 is 3.41. The van der Waals surface area contributed by atoms with Crippen molar-refractivity contribution < 1.29 is 0 Å². The van der Waals surface area contributed by atoms with Crippen molar-refractivity contribution in [3.63, 3.8) is 0 Å². The summed E-state index contributed by atoms with van der Waals surface area (Å²) in [5.74, 6) is 0. The Labute approximate surface area is 119 Å². The fourth-order valence-corrected chi connectivity index (χ4v) is 2.10. The van der Waals surface area contributed by atoms with Gasteiger partial charge in [0.1, 0.15) is 12.1 Å². The van der Waals surface area contributed by atoms with Crippen LogP contribution in [0.3, 0.4) is 0 Å². The van der Waals surface area contributed by atoms with Gasteiger partial charge in [-0.15, -0.1) is 0 Å². The number of nitrogens with zero attached hydrogens (tertiary/aromatic N) is 2. The number of nitriles is 2. The van der Waals surface area contributed by atoms with E-state index in [2.05, 4.69) is 21.2 Å². The molecule has 2 rings (SSSR count). The van der Waals surface area contributed by atoms with Crippen LogP contribution in [0.2, 0.25) is 0 Å². The zero-order valence-electron chi connectivity index (χ0n) is 9.81. The largest absolute Gasteiger partial charge is 0.399 e. The van der Waals surface area contributed by atoms with Crippen LogP contribution in [0.1, 0.15) is 11.1 Å². The van der Waals surface area contributed by atoms with Gasteiger partial charge >= 0.3 is 0 Å². The van der Waals surface area contributed by atoms with E-state index in [4.69, 9.17) is 16.3 Å². The van der Waals surface area contributed by atoms with Gasteiger partial charge in [-0.05, 0) is 52.3 Å². The molecule has 0 unspecified atom stereocenters. The van der Waals surface area contributed by atoms with Crippen molar-refractivity contribution in [1.29, 1.82) is 10.5 Å². The van der Waals surface area contributed by atoms with Crippen LogP contribution in [0.25, 0.3) is 0 Å². The molecule has 2 aromatic rings. The molecule has 0 aromatic heterocycles. The lowest BCUT2D eigenvalue weighted by Crippen LogP contribution is -1.94. The fraction of sp³-hybridized carbons (Fsp3) is 0. The van der Waals surface area contributed by atoms with Crippen LogP contribution < -0.4 is 11.1 Å². The molecule has 0 radical (unpaired) electrons. The highest BCUT2D eigenvalue weighted by molar-refractivity contribution is 9.10. The molecule has 0 aliphatic rings. The number of anilines is 3. The number of hydrogen-bond acceptors (Lipinski definition) is 4. The van der Waals surface area contributed by atoms with Crippen LogP contribution in [0.15, 0.2) is 40.9 Å². The molecular weight excluding hydrogens is 304 g/mol. The molecule has 0 heterocycles. The second-order valence-corrected chi connectivity index (χ2v) is 4.70. The summed E-state index contributed by atoms with van der Waals surface area (Å²) in [6.07, 6.45) is 0. The van der Waals surface area contributed by atoms with Gasteiger partial charge in [0.25, 0.3) is 0 Å². The molecule has 92 valence electrons. The van der Waals surface area contributed by atoms with E-state index in [0.29, 0.717) is 16.8 Å². The second kappa shape index (κ2) is 5.43. The first-order valence-corrected chi connectivity index (χ1v) is 6.19. The van der Waals surface area contributed by atoms with E-state index >= 15 is 0 Å². The van der Waals surface area contributed by atoms with E-state index in [1.807, 2.05) is 18.2 Å². The fourth-order valence-electron chi connectivity index (χ4n) is 1.60. The zero-order chi connectivity index (χ0) is 13.8. The lowest BCUT2D eigenvalue weighted by molar-refractivity contribution is 1.42. The first-order chi connectivity index (χ1) is 9.13.